The number of carbonyl (C=O) groups excluding carboxylic acids is 3. The van der Waals surface area contributed by atoms with Crippen LogP contribution in [0.15, 0.2) is 24.3 Å². The zero-order valence-corrected chi connectivity index (χ0v) is 14.1. The highest BCUT2D eigenvalue weighted by Gasteiger charge is 2.33. The second kappa shape index (κ2) is 7.77. The maximum atomic E-state index is 12.9. The fourth-order valence-corrected chi connectivity index (χ4v) is 3.01. The molecule has 0 saturated carbocycles. The van der Waals surface area contributed by atoms with E-state index in [9.17, 15) is 27.6 Å². The van der Waals surface area contributed by atoms with Gasteiger partial charge >= 0.3 is 6.18 Å². The number of nitrogens with zero attached hydrogens (tertiary/aromatic N) is 2. The standard InChI is InChI=1S/C15H16F3N3O3S/c1-20(13(23)9-21-6-7-25-14(21)24)8-12(22)19-11-5-3-2-4-10(11)15(16,17)18/h2-5H,6-9H2,1H3,(H,19,22). The number of hydrogen-bond donors (Lipinski definition) is 1. The first-order chi connectivity index (χ1) is 11.7. The third-order valence-electron chi connectivity index (χ3n) is 3.48. The molecule has 1 N–H and O–H groups in total. The van der Waals surface area contributed by atoms with Crippen LogP contribution >= 0.6 is 11.8 Å². The summed E-state index contributed by atoms with van der Waals surface area (Å²) in [4.78, 5) is 37.9. The van der Waals surface area contributed by atoms with Gasteiger partial charge in [-0.05, 0) is 12.1 Å². The van der Waals surface area contributed by atoms with Crippen LogP contribution in [-0.4, -0.2) is 59.3 Å². The largest absolute Gasteiger partial charge is 0.418 e. The number of thioether (sulfide) groups is 1. The normalized spacial score (nSPS) is 14.6. The molecule has 2 rings (SSSR count). The second-order valence-electron chi connectivity index (χ2n) is 5.38. The molecule has 3 amide bonds. The van der Waals surface area contributed by atoms with Gasteiger partial charge in [-0.3, -0.25) is 14.4 Å². The topological polar surface area (TPSA) is 69.7 Å². The fraction of sp³-hybridized carbons (Fsp3) is 0.400. The van der Waals surface area contributed by atoms with Crippen LogP contribution in [0.1, 0.15) is 5.56 Å². The van der Waals surface area contributed by atoms with Crippen LogP contribution in [0.4, 0.5) is 23.7 Å². The molecule has 25 heavy (non-hydrogen) atoms. The van der Waals surface area contributed by atoms with E-state index in [0.29, 0.717) is 12.3 Å². The van der Waals surface area contributed by atoms with Gasteiger partial charge in [-0.25, -0.2) is 0 Å². The molecule has 0 atom stereocenters. The monoisotopic (exact) mass is 375 g/mol. The summed E-state index contributed by atoms with van der Waals surface area (Å²) in [6, 6.07) is 4.60. The van der Waals surface area contributed by atoms with Gasteiger partial charge in [0, 0.05) is 19.3 Å². The van der Waals surface area contributed by atoms with Crippen molar-refractivity contribution >= 4 is 34.5 Å². The Morgan fingerprint density at radius 2 is 2.00 bits per heavy atom. The molecule has 1 aromatic carbocycles. The summed E-state index contributed by atoms with van der Waals surface area (Å²) in [7, 11) is 1.35. The minimum Gasteiger partial charge on any atom is -0.335 e. The van der Waals surface area contributed by atoms with Gasteiger partial charge in [0.15, 0.2) is 0 Å². The lowest BCUT2D eigenvalue weighted by molar-refractivity contribution is -0.137. The van der Waals surface area contributed by atoms with Crippen LogP contribution in [0.25, 0.3) is 0 Å². The van der Waals surface area contributed by atoms with Gasteiger partial charge in [0.25, 0.3) is 5.24 Å². The van der Waals surface area contributed by atoms with Crippen LogP contribution in [0, 0.1) is 0 Å². The van der Waals surface area contributed by atoms with Gasteiger partial charge in [0.05, 0.1) is 17.8 Å². The summed E-state index contributed by atoms with van der Waals surface area (Å²) < 4.78 is 38.7. The zero-order chi connectivity index (χ0) is 18.6. The molecular formula is C15H16F3N3O3S. The molecule has 1 fully saturated rings. The Morgan fingerprint density at radius 3 is 2.60 bits per heavy atom. The van der Waals surface area contributed by atoms with Crippen molar-refractivity contribution in [3.05, 3.63) is 29.8 Å². The molecular weight excluding hydrogens is 359 g/mol. The lowest BCUT2D eigenvalue weighted by Gasteiger charge is -2.21. The third-order valence-corrected chi connectivity index (χ3v) is 4.38. The Kier molecular flexibility index (Phi) is 5.93. The first kappa shape index (κ1) is 19.1. The van der Waals surface area contributed by atoms with Gasteiger partial charge in [-0.15, -0.1) is 0 Å². The smallest absolute Gasteiger partial charge is 0.335 e. The fourth-order valence-electron chi connectivity index (χ4n) is 2.19. The van der Waals surface area contributed by atoms with Crippen LogP contribution in [0.5, 0.6) is 0 Å². The van der Waals surface area contributed by atoms with Crippen molar-refractivity contribution < 1.29 is 27.6 Å². The van der Waals surface area contributed by atoms with E-state index in [4.69, 9.17) is 0 Å². The van der Waals surface area contributed by atoms with E-state index in [1.54, 1.807) is 0 Å². The van der Waals surface area contributed by atoms with Crippen molar-refractivity contribution in [2.45, 2.75) is 6.18 Å². The highest BCUT2D eigenvalue weighted by atomic mass is 32.2. The molecule has 1 heterocycles. The molecule has 0 aromatic heterocycles. The van der Waals surface area contributed by atoms with E-state index in [0.717, 1.165) is 28.8 Å². The van der Waals surface area contributed by atoms with E-state index in [1.807, 2.05) is 0 Å². The maximum absolute atomic E-state index is 12.9. The highest BCUT2D eigenvalue weighted by Crippen LogP contribution is 2.34. The van der Waals surface area contributed by atoms with Gasteiger partial charge < -0.3 is 15.1 Å². The molecule has 1 aliphatic rings. The number of hydrogen-bond acceptors (Lipinski definition) is 4. The first-order valence-corrected chi connectivity index (χ1v) is 8.29. The first-order valence-electron chi connectivity index (χ1n) is 7.30. The van der Waals surface area contributed by atoms with Crippen molar-refractivity contribution in [3.8, 4) is 0 Å². The van der Waals surface area contributed by atoms with E-state index in [-0.39, 0.29) is 17.5 Å². The summed E-state index contributed by atoms with van der Waals surface area (Å²) in [6.07, 6.45) is -4.60. The Balaban J connectivity index is 1.94. The highest BCUT2D eigenvalue weighted by molar-refractivity contribution is 8.13. The Bertz CT molecular complexity index is 681. The second-order valence-corrected chi connectivity index (χ2v) is 6.42. The van der Waals surface area contributed by atoms with Gasteiger partial charge in [-0.1, -0.05) is 23.9 Å². The van der Waals surface area contributed by atoms with E-state index in [2.05, 4.69) is 5.32 Å². The number of halogens is 3. The minimum absolute atomic E-state index is 0.158. The van der Waals surface area contributed by atoms with Crippen LogP contribution in [0.2, 0.25) is 0 Å². The number of rotatable bonds is 5. The number of nitrogens with one attached hydrogen (secondary N) is 1. The number of para-hydroxylation sites is 1. The molecule has 0 bridgehead atoms. The molecule has 136 valence electrons. The predicted molar refractivity (Wildman–Crippen MR) is 87.1 cm³/mol. The number of carbonyl (C=O) groups is 3. The van der Waals surface area contributed by atoms with Crippen LogP contribution in [-0.2, 0) is 15.8 Å². The summed E-state index contributed by atoms with van der Waals surface area (Å²) >= 11 is 1.11. The summed E-state index contributed by atoms with van der Waals surface area (Å²) in [5.41, 5.74) is -1.33. The molecule has 0 spiro atoms. The number of benzene rings is 1. The summed E-state index contributed by atoms with van der Waals surface area (Å²) in [6.45, 7) is -0.122. The van der Waals surface area contributed by atoms with Crippen molar-refractivity contribution in [2.24, 2.45) is 0 Å². The lowest BCUT2D eigenvalue weighted by Crippen LogP contribution is -2.41. The van der Waals surface area contributed by atoms with Crippen molar-refractivity contribution in [2.75, 3.05) is 37.8 Å². The lowest BCUT2D eigenvalue weighted by atomic mass is 10.1. The minimum atomic E-state index is -4.60. The van der Waals surface area contributed by atoms with Crippen molar-refractivity contribution in [3.63, 3.8) is 0 Å². The summed E-state index contributed by atoms with van der Waals surface area (Å²) in [5.74, 6) is -0.616. The molecule has 0 radical (unpaired) electrons. The van der Waals surface area contributed by atoms with Crippen molar-refractivity contribution in [1.82, 2.24) is 9.80 Å². The number of amides is 3. The Labute approximate surface area is 146 Å². The van der Waals surface area contributed by atoms with Crippen molar-refractivity contribution in [1.29, 1.82) is 0 Å². The quantitative estimate of drug-likeness (QED) is 0.857. The molecule has 0 unspecified atom stereocenters. The van der Waals surface area contributed by atoms with Gasteiger partial charge in [0.2, 0.25) is 11.8 Å². The number of alkyl halides is 3. The van der Waals surface area contributed by atoms with Gasteiger partial charge in [-0.2, -0.15) is 13.2 Å². The SMILES string of the molecule is CN(CC(=O)Nc1ccccc1C(F)(F)F)C(=O)CN1CCSC1=O. The molecule has 6 nitrogen and oxygen atoms in total. The van der Waals surface area contributed by atoms with Crippen LogP contribution in [0.3, 0.4) is 0 Å². The van der Waals surface area contributed by atoms with E-state index in [1.165, 1.54) is 24.1 Å². The van der Waals surface area contributed by atoms with E-state index < -0.39 is 30.1 Å². The summed E-state index contributed by atoms with van der Waals surface area (Å²) in [5, 5.41) is 1.96. The molecule has 0 aliphatic carbocycles. The number of anilines is 1. The average molecular weight is 375 g/mol. The maximum Gasteiger partial charge on any atom is 0.418 e. The Morgan fingerprint density at radius 1 is 1.32 bits per heavy atom. The molecule has 1 aliphatic heterocycles. The van der Waals surface area contributed by atoms with Gasteiger partial charge in [0.1, 0.15) is 6.54 Å². The third kappa shape index (κ3) is 5.12. The Hall–Kier alpha value is -2.23. The molecule has 1 aromatic rings. The molecule has 10 heteroatoms. The number of likely N-dealkylation sites (N-methyl/N-ethyl adjacent to an activating group) is 1. The molecule has 1 saturated heterocycles. The van der Waals surface area contributed by atoms with E-state index >= 15 is 0 Å². The predicted octanol–water partition coefficient (Wildman–Crippen LogP) is 2.27. The van der Waals surface area contributed by atoms with Crippen LogP contribution < -0.4 is 5.32 Å². The average Bonchev–Trinajstić information content (AvgIpc) is 2.91. The zero-order valence-electron chi connectivity index (χ0n) is 13.3.